The summed E-state index contributed by atoms with van der Waals surface area (Å²) in [6.45, 7) is 0. The van der Waals surface area contributed by atoms with E-state index < -0.39 is 5.91 Å². The predicted octanol–water partition coefficient (Wildman–Crippen LogP) is 6.73. The number of hydrogen-bond acceptors (Lipinski definition) is 5. The number of rotatable bonds is 5. The fraction of sp³-hybridized carbons (Fsp3) is 0. The first kappa shape index (κ1) is 23.3. The largest absolute Gasteiger partial charge is 0.451 e. The zero-order valence-electron chi connectivity index (χ0n) is 18.6. The maximum Gasteiger partial charge on any atom is 0.293 e. The zero-order valence-corrected chi connectivity index (χ0v) is 20.2. The summed E-state index contributed by atoms with van der Waals surface area (Å²) in [4.78, 5) is 25.0. The van der Waals surface area contributed by atoms with Crippen molar-refractivity contribution in [3.8, 4) is 11.3 Å². The molecule has 5 rings (SSSR count). The number of fused-ring (bicyclic) bond motifs is 1. The maximum atomic E-state index is 12.5. The molecule has 0 aliphatic carbocycles. The van der Waals surface area contributed by atoms with Crippen LogP contribution in [0.15, 0.2) is 99.8 Å². The van der Waals surface area contributed by atoms with Gasteiger partial charge in [0.1, 0.15) is 11.3 Å². The van der Waals surface area contributed by atoms with Crippen molar-refractivity contribution in [3.05, 3.63) is 108 Å². The van der Waals surface area contributed by atoms with Crippen LogP contribution in [0.4, 0.5) is 11.4 Å². The summed E-state index contributed by atoms with van der Waals surface area (Å²) < 4.78 is 11.2. The van der Waals surface area contributed by atoms with Crippen LogP contribution in [-0.4, -0.2) is 16.9 Å². The number of benzene rings is 3. The summed E-state index contributed by atoms with van der Waals surface area (Å²) in [5.74, 6) is 0.0386. The normalized spacial score (nSPS) is 10.7. The Morgan fingerprint density at radius 3 is 2.14 bits per heavy atom. The molecule has 0 aliphatic rings. The van der Waals surface area contributed by atoms with Crippen LogP contribution in [-0.2, 0) is 0 Å². The highest BCUT2D eigenvalue weighted by Gasteiger charge is 2.15. The van der Waals surface area contributed by atoms with Gasteiger partial charge in [0.25, 0.3) is 11.8 Å². The first-order valence-corrected chi connectivity index (χ1v) is 11.6. The Morgan fingerprint density at radius 1 is 0.722 bits per heavy atom. The van der Waals surface area contributed by atoms with Gasteiger partial charge < -0.3 is 19.5 Å². The number of carbonyl (C=O) groups is 2. The van der Waals surface area contributed by atoms with Gasteiger partial charge in [-0.3, -0.25) is 14.9 Å². The Morgan fingerprint density at radius 2 is 1.42 bits per heavy atom. The standard InChI is InChI=1S/C27H18ClN3O4S/c28-18-7-5-16(6-8-18)22-13-14-23(34-22)25(32)31-27(36)30-20-11-9-19(10-12-20)29-26(33)24-15-17-3-1-2-4-21(17)35-24/h1-15H,(H,29,33)(H2,30,31,32,36). The van der Waals surface area contributed by atoms with Crippen molar-refractivity contribution in [2.45, 2.75) is 0 Å². The van der Waals surface area contributed by atoms with Crippen LogP contribution in [0.2, 0.25) is 5.02 Å². The second-order valence-electron chi connectivity index (χ2n) is 7.76. The van der Waals surface area contributed by atoms with E-state index in [0.29, 0.717) is 27.7 Å². The topological polar surface area (TPSA) is 96.5 Å². The lowest BCUT2D eigenvalue weighted by atomic mass is 10.2. The Balaban J connectivity index is 1.16. The number of para-hydroxylation sites is 1. The van der Waals surface area contributed by atoms with Gasteiger partial charge in [-0.05, 0) is 85.0 Å². The quantitative estimate of drug-likeness (QED) is 0.225. The number of nitrogens with one attached hydrogen (secondary N) is 3. The third-order valence-electron chi connectivity index (χ3n) is 5.24. The minimum Gasteiger partial charge on any atom is -0.451 e. The number of amides is 2. The first-order chi connectivity index (χ1) is 17.4. The second kappa shape index (κ2) is 10.1. The molecular weight excluding hydrogens is 498 g/mol. The molecule has 3 N–H and O–H groups in total. The molecule has 3 aromatic carbocycles. The van der Waals surface area contributed by atoms with Crippen LogP contribution >= 0.6 is 23.8 Å². The van der Waals surface area contributed by atoms with E-state index in [1.807, 2.05) is 18.2 Å². The summed E-state index contributed by atoms with van der Waals surface area (Å²) in [5, 5.41) is 9.87. The van der Waals surface area contributed by atoms with Crippen molar-refractivity contribution in [1.82, 2.24) is 5.32 Å². The minimum absolute atomic E-state index is 0.100. The Bertz CT molecular complexity index is 1540. The highest BCUT2D eigenvalue weighted by Crippen LogP contribution is 2.24. The minimum atomic E-state index is -0.484. The number of furan rings is 2. The van der Waals surface area contributed by atoms with Gasteiger partial charge in [0.15, 0.2) is 16.6 Å². The van der Waals surface area contributed by atoms with Crippen molar-refractivity contribution in [1.29, 1.82) is 0 Å². The maximum absolute atomic E-state index is 12.5. The highest BCUT2D eigenvalue weighted by molar-refractivity contribution is 7.80. The van der Waals surface area contributed by atoms with Gasteiger partial charge in [0.05, 0.1) is 0 Å². The molecule has 0 aliphatic heterocycles. The molecule has 2 amide bonds. The number of carbonyl (C=O) groups excluding carboxylic acids is 2. The smallest absolute Gasteiger partial charge is 0.293 e. The summed E-state index contributed by atoms with van der Waals surface area (Å²) in [6.07, 6.45) is 0. The molecule has 0 radical (unpaired) electrons. The van der Waals surface area contributed by atoms with E-state index in [9.17, 15) is 9.59 Å². The van der Waals surface area contributed by atoms with E-state index in [1.54, 1.807) is 72.8 Å². The molecule has 0 saturated carbocycles. The van der Waals surface area contributed by atoms with E-state index in [1.165, 1.54) is 0 Å². The van der Waals surface area contributed by atoms with Gasteiger partial charge in [-0.25, -0.2) is 0 Å². The highest BCUT2D eigenvalue weighted by atomic mass is 35.5. The molecule has 2 aromatic heterocycles. The number of thiocarbonyl (C=S) groups is 1. The predicted molar refractivity (Wildman–Crippen MR) is 143 cm³/mol. The van der Waals surface area contributed by atoms with Crippen molar-refractivity contribution in [2.75, 3.05) is 10.6 Å². The van der Waals surface area contributed by atoms with Crippen molar-refractivity contribution in [3.63, 3.8) is 0 Å². The molecule has 0 saturated heterocycles. The molecule has 36 heavy (non-hydrogen) atoms. The molecule has 0 spiro atoms. The molecule has 7 nitrogen and oxygen atoms in total. The van der Waals surface area contributed by atoms with Crippen LogP contribution < -0.4 is 16.0 Å². The van der Waals surface area contributed by atoms with Crippen LogP contribution in [0.25, 0.3) is 22.3 Å². The summed E-state index contributed by atoms with van der Waals surface area (Å²) in [5.41, 5.74) is 2.65. The van der Waals surface area contributed by atoms with Crippen LogP contribution in [0.3, 0.4) is 0 Å². The lowest BCUT2D eigenvalue weighted by Crippen LogP contribution is -2.33. The van der Waals surface area contributed by atoms with E-state index in [0.717, 1.165) is 10.9 Å². The Hall–Kier alpha value is -4.40. The van der Waals surface area contributed by atoms with Gasteiger partial charge >= 0.3 is 0 Å². The second-order valence-corrected chi connectivity index (χ2v) is 8.60. The third-order valence-corrected chi connectivity index (χ3v) is 5.69. The van der Waals surface area contributed by atoms with E-state index in [4.69, 9.17) is 32.7 Å². The van der Waals surface area contributed by atoms with Crippen LogP contribution in [0, 0.1) is 0 Å². The average Bonchev–Trinajstić information content (AvgIpc) is 3.53. The molecule has 2 heterocycles. The first-order valence-electron chi connectivity index (χ1n) is 10.8. The fourth-order valence-electron chi connectivity index (χ4n) is 3.48. The molecule has 0 bridgehead atoms. The lowest BCUT2D eigenvalue weighted by Gasteiger charge is -2.10. The molecule has 0 atom stereocenters. The summed E-state index contributed by atoms with van der Waals surface area (Å²) in [7, 11) is 0. The summed E-state index contributed by atoms with van der Waals surface area (Å²) in [6, 6.07) is 26.3. The Kier molecular flexibility index (Phi) is 6.53. The molecule has 178 valence electrons. The molecule has 0 unspecified atom stereocenters. The van der Waals surface area contributed by atoms with E-state index >= 15 is 0 Å². The van der Waals surface area contributed by atoms with Crippen LogP contribution in [0.5, 0.6) is 0 Å². The van der Waals surface area contributed by atoms with Crippen molar-refractivity contribution in [2.24, 2.45) is 0 Å². The van der Waals surface area contributed by atoms with E-state index in [2.05, 4.69) is 16.0 Å². The van der Waals surface area contributed by atoms with Gasteiger partial charge in [0, 0.05) is 27.3 Å². The van der Waals surface area contributed by atoms with Gasteiger partial charge in [-0.15, -0.1) is 0 Å². The molecule has 0 fully saturated rings. The third kappa shape index (κ3) is 5.30. The van der Waals surface area contributed by atoms with Gasteiger partial charge in [-0.2, -0.15) is 0 Å². The fourth-order valence-corrected chi connectivity index (χ4v) is 3.82. The molecular formula is C27H18ClN3O4S. The zero-order chi connectivity index (χ0) is 25.1. The number of hydrogen-bond donors (Lipinski definition) is 3. The molecule has 9 heteroatoms. The van der Waals surface area contributed by atoms with E-state index in [-0.39, 0.29) is 22.5 Å². The number of halogens is 1. The van der Waals surface area contributed by atoms with Crippen LogP contribution in [0.1, 0.15) is 21.1 Å². The Labute approximate surface area is 216 Å². The SMILES string of the molecule is O=C(NC(=S)Nc1ccc(NC(=O)c2cc3ccccc3o2)cc1)c1ccc(-c2ccc(Cl)cc2)o1. The average molecular weight is 516 g/mol. The number of anilines is 2. The monoisotopic (exact) mass is 515 g/mol. The van der Waals surface area contributed by atoms with Crippen molar-refractivity contribution >= 4 is 63.1 Å². The van der Waals surface area contributed by atoms with Gasteiger partial charge in [0.2, 0.25) is 0 Å². The van der Waals surface area contributed by atoms with Gasteiger partial charge in [-0.1, -0.05) is 29.8 Å². The molecule has 5 aromatic rings. The summed E-state index contributed by atoms with van der Waals surface area (Å²) >= 11 is 11.2. The lowest BCUT2D eigenvalue weighted by molar-refractivity contribution is 0.0950. The van der Waals surface area contributed by atoms with Crippen molar-refractivity contribution < 1.29 is 18.4 Å².